The van der Waals surface area contributed by atoms with Crippen LogP contribution in [0.25, 0.3) is 0 Å². The highest BCUT2D eigenvalue weighted by atomic mass is 35.5. The number of aromatic nitrogens is 3. The van der Waals surface area contributed by atoms with Crippen molar-refractivity contribution in [1.29, 1.82) is 0 Å². The van der Waals surface area contributed by atoms with Crippen molar-refractivity contribution < 1.29 is 0 Å². The van der Waals surface area contributed by atoms with E-state index in [9.17, 15) is 0 Å². The molecule has 4 nitrogen and oxygen atoms in total. The molecule has 156 valence electrons. The fraction of sp³-hybridized carbons (Fsp3) is 0.192. The Hall–Kier alpha value is -3.24. The van der Waals surface area contributed by atoms with Crippen molar-refractivity contribution in [3.63, 3.8) is 0 Å². The molecule has 4 aromatic rings. The van der Waals surface area contributed by atoms with Gasteiger partial charge in [-0.3, -0.25) is 0 Å². The van der Waals surface area contributed by atoms with Gasteiger partial charge in [-0.1, -0.05) is 84.8 Å². The number of rotatable bonds is 7. The van der Waals surface area contributed by atoms with E-state index in [0.717, 1.165) is 23.8 Å². The average Bonchev–Trinajstić information content (AvgIpc) is 2.76. The third kappa shape index (κ3) is 5.47. The van der Waals surface area contributed by atoms with Crippen LogP contribution in [0, 0.1) is 6.92 Å². The molecule has 31 heavy (non-hydrogen) atoms. The molecule has 3 aromatic carbocycles. The van der Waals surface area contributed by atoms with Crippen LogP contribution in [-0.2, 0) is 19.3 Å². The summed E-state index contributed by atoms with van der Waals surface area (Å²) in [7, 11) is 0. The molecule has 0 amide bonds. The Morgan fingerprint density at radius 1 is 0.774 bits per heavy atom. The molecule has 1 aromatic heterocycles. The van der Waals surface area contributed by atoms with Gasteiger partial charge in [-0.05, 0) is 42.2 Å². The number of benzene rings is 3. The van der Waals surface area contributed by atoms with Gasteiger partial charge in [0.25, 0.3) is 0 Å². The van der Waals surface area contributed by atoms with Gasteiger partial charge in [0, 0.05) is 12.8 Å². The molecule has 0 atom stereocenters. The summed E-state index contributed by atoms with van der Waals surface area (Å²) in [5.41, 5.74) is 5.72. The summed E-state index contributed by atoms with van der Waals surface area (Å²) in [5.74, 6) is 1.99. The first-order valence-corrected chi connectivity index (χ1v) is 10.9. The zero-order chi connectivity index (χ0) is 21.6. The molecule has 0 saturated heterocycles. The molecule has 0 aliphatic heterocycles. The van der Waals surface area contributed by atoms with Crippen molar-refractivity contribution in [3.05, 3.63) is 112 Å². The summed E-state index contributed by atoms with van der Waals surface area (Å²) in [6.07, 6.45) is 2.27. The van der Waals surface area contributed by atoms with Gasteiger partial charge < -0.3 is 5.32 Å². The van der Waals surface area contributed by atoms with E-state index in [1.54, 1.807) is 0 Å². The van der Waals surface area contributed by atoms with E-state index >= 15 is 0 Å². The molecule has 0 spiro atoms. The third-order valence-electron chi connectivity index (χ3n) is 5.14. The predicted octanol–water partition coefficient (Wildman–Crippen LogP) is 6.32. The van der Waals surface area contributed by atoms with Gasteiger partial charge >= 0.3 is 0 Å². The topological polar surface area (TPSA) is 50.7 Å². The molecule has 1 N–H and O–H groups in total. The van der Waals surface area contributed by atoms with Crippen LogP contribution in [0.3, 0.4) is 0 Å². The molecular weight excluding hydrogens is 404 g/mol. The first-order chi connectivity index (χ1) is 15.1. The van der Waals surface area contributed by atoms with E-state index in [1.807, 2.05) is 24.3 Å². The average molecular weight is 429 g/mol. The van der Waals surface area contributed by atoms with Crippen molar-refractivity contribution >= 4 is 23.2 Å². The Balaban J connectivity index is 1.70. The summed E-state index contributed by atoms with van der Waals surface area (Å²) in [5, 5.41) is 3.90. The van der Waals surface area contributed by atoms with E-state index < -0.39 is 0 Å². The van der Waals surface area contributed by atoms with E-state index in [1.165, 1.54) is 22.3 Å². The molecule has 0 bridgehead atoms. The van der Waals surface area contributed by atoms with Gasteiger partial charge in [0.15, 0.2) is 0 Å². The molecule has 0 unspecified atom stereocenters. The van der Waals surface area contributed by atoms with Crippen molar-refractivity contribution in [2.75, 3.05) is 5.32 Å². The maximum Gasteiger partial charge on any atom is 0.230 e. The van der Waals surface area contributed by atoms with Crippen LogP contribution in [0.4, 0.5) is 11.6 Å². The Kier molecular flexibility index (Phi) is 6.58. The lowest BCUT2D eigenvalue weighted by Crippen LogP contribution is -2.09. The molecular formula is C26H25ClN4. The number of hydrogen-bond donors (Lipinski definition) is 1. The van der Waals surface area contributed by atoms with Crippen molar-refractivity contribution in [1.82, 2.24) is 15.0 Å². The summed E-state index contributed by atoms with van der Waals surface area (Å²) in [6.45, 7) is 4.26. The highest BCUT2D eigenvalue weighted by Crippen LogP contribution is 2.24. The van der Waals surface area contributed by atoms with Crippen molar-refractivity contribution in [2.24, 2.45) is 0 Å². The second-order valence-corrected chi connectivity index (χ2v) is 7.97. The Labute approximate surface area is 188 Å². The van der Waals surface area contributed by atoms with Gasteiger partial charge in [0.05, 0.1) is 10.7 Å². The highest BCUT2D eigenvalue weighted by molar-refractivity contribution is 6.33. The molecule has 0 aliphatic carbocycles. The third-order valence-corrected chi connectivity index (χ3v) is 5.47. The minimum absolute atomic E-state index is 0.509. The maximum atomic E-state index is 6.34. The molecule has 0 radical (unpaired) electrons. The lowest BCUT2D eigenvalue weighted by molar-refractivity contribution is 0.851. The predicted molar refractivity (Wildman–Crippen MR) is 127 cm³/mol. The Morgan fingerprint density at radius 2 is 1.48 bits per heavy atom. The second-order valence-electron chi connectivity index (χ2n) is 7.56. The maximum absolute atomic E-state index is 6.34. The lowest BCUT2D eigenvalue weighted by Gasteiger charge is -2.12. The fourth-order valence-corrected chi connectivity index (χ4v) is 3.80. The summed E-state index contributed by atoms with van der Waals surface area (Å²) in [6, 6.07) is 24.4. The summed E-state index contributed by atoms with van der Waals surface area (Å²) < 4.78 is 0. The normalized spacial score (nSPS) is 10.8. The minimum Gasteiger partial charge on any atom is -0.323 e. The number of para-hydroxylation sites is 1. The van der Waals surface area contributed by atoms with E-state index in [0.29, 0.717) is 23.8 Å². The monoisotopic (exact) mass is 428 g/mol. The number of aryl methyl sites for hydroxylation is 2. The smallest absolute Gasteiger partial charge is 0.230 e. The fourth-order valence-electron chi connectivity index (χ4n) is 3.62. The molecule has 5 heteroatoms. The number of nitrogens with one attached hydrogen (secondary N) is 1. The van der Waals surface area contributed by atoms with E-state index in [4.69, 9.17) is 21.6 Å². The molecule has 4 rings (SSSR count). The van der Waals surface area contributed by atoms with Crippen LogP contribution in [-0.4, -0.2) is 15.0 Å². The van der Waals surface area contributed by atoms with Crippen molar-refractivity contribution in [2.45, 2.75) is 33.1 Å². The largest absolute Gasteiger partial charge is 0.323 e. The quantitative estimate of drug-likeness (QED) is 0.374. The Bertz CT molecular complexity index is 1190. The molecule has 0 saturated carbocycles. The Morgan fingerprint density at radius 3 is 2.23 bits per heavy atom. The lowest BCUT2D eigenvalue weighted by atomic mass is 10.0. The SMILES string of the molecule is CCc1ccccc1Cc1nc(Cc2cccc(C)c2)nc(Nc2ccccc2Cl)n1. The standard InChI is InChI=1S/C26H25ClN4/c1-3-20-11-4-5-12-21(20)17-25-29-24(16-19-10-8-9-18(2)15-19)30-26(31-25)28-23-14-7-6-13-22(23)27/h4-15H,3,16-17H2,1-2H3,(H,28,29,30,31). The number of nitrogens with zero attached hydrogens (tertiary/aromatic N) is 3. The van der Waals surface area contributed by atoms with Gasteiger partial charge in [0.1, 0.15) is 11.6 Å². The number of halogens is 1. The van der Waals surface area contributed by atoms with Gasteiger partial charge in [-0.25, -0.2) is 4.98 Å². The van der Waals surface area contributed by atoms with Gasteiger partial charge in [-0.15, -0.1) is 0 Å². The van der Waals surface area contributed by atoms with E-state index in [2.05, 4.69) is 72.7 Å². The zero-order valence-corrected chi connectivity index (χ0v) is 18.5. The van der Waals surface area contributed by atoms with E-state index in [-0.39, 0.29) is 0 Å². The van der Waals surface area contributed by atoms with Crippen molar-refractivity contribution in [3.8, 4) is 0 Å². The van der Waals surface area contributed by atoms with Crippen LogP contribution >= 0.6 is 11.6 Å². The van der Waals surface area contributed by atoms with Crippen LogP contribution in [0.2, 0.25) is 5.02 Å². The second kappa shape index (κ2) is 9.71. The molecule has 1 heterocycles. The number of anilines is 2. The van der Waals surface area contributed by atoms with Gasteiger partial charge in [0.2, 0.25) is 5.95 Å². The van der Waals surface area contributed by atoms with Crippen LogP contribution in [0.1, 0.15) is 40.8 Å². The highest BCUT2D eigenvalue weighted by Gasteiger charge is 2.11. The van der Waals surface area contributed by atoms with Crippen LogP contribution < -0.4 is 5.32 Å². The zero-order valence-electron chi connectivity index (χ0n) is 17.8. The first-order valence-electron chi connectivity index (χ1n) is 10.5. The molecule has 0 aliphatic rings. The van der Waals surface area contributed by atoms with Crippen LogP contribution in [0.5, 0.6) is 0 Å². The summed E-state index contributed by atoms with van der Waals surface area (Å²) in [4.78, 5) is 14.2. The number of hydrogen-bond acceptors (Lipinski definition) is 4. The van der Waals surface area contributed by atoms with Gasteiger partial charge in [-0.2, -0.15) is 9.97 Å². The minimum atomic E-state index is 0.509. The first kappa shape index (κ1) is 21.0. The summed E-state index contributed by atoms with van der Waals surface area (Å²) >= 11 is 6.34. The van der Waals surface area contributed by atoms with Crippen LogP contribution in [0.15, 0.2) is 72.8 Å². The molecule has 0 fully saturated rings.